The maximum atomic E-state index is 12.0. The zero-order valence-corrected chi connectivity index (χ0v) is 10.2. The Kier molecular flexibility index (Phi) is 3.59. The van der Waals surface area contributed by atoms with Gasteiger partial charge in [-0.1, -0.05) is 0 Å². The first kappa shape index (κ1) is 13.8. The van der Waals surface area contributed by atoms with Gasteiger partial charge in [-0.15, -0.1) is 23.4 Å². The largest absolute Gasteiger partial charge is 0.573 e. The van der Waals surface area contributed by atoms with Gasteiger partial charge in [0.15, 0.2) is 0 Å². The summed E-state index contributed by atoms with van der Waals surface area (Å²) >= 11 is 0. The molecule has 0 aliphatic heterocycles. The molecule has 2 aromatic rings. The molecule has 0 spiro atoms. The molecule has 1 aromatic carbocycles. The van der Waals surface area contributed by atoms with E-state index in [2.05, 4.69) is 25.2 Å². The van der Waals surface area contributed by atoms with Crippen molar-refractivity contribution in [2.24, 2.45) is 0 Å². The molecule has 0 radical (unpaired) electrons. The van der Waals surface area contributed by atoms with E-state index in [1.54, 1.807) is 0 Å². The lowest BCUT2D eigenvalue weighted by Crippen LogP contribution is -2.17. The number of benzene rings is 1. The van der Waals surface area contributed by atoms with Crippen LogP contribution in [0, 0.1) is 6.92 Å². The summed E-state index contributed by atoms with van der Waals surface area (Å²) in [6.07, 6.45) is -4.73. The van der Waals surface area contributed by atoms with Crippen molar-refractivity contribution < 1.29 is 17.9 Å². The van der Waals surface area contributed by atoms with Crippen molar-refractivity contribution in [3.63, 3.8) is 0 Å². The van der Waals surface area contributed by atoms with Crippen molar-refractivity contribution in [1.29, 1.82) is 0 Å². The molecule has 0 aliphatic rings. The fraction of sp³-hybridized carbons (Fsp3) is 0.182. The van der Waals surface area contributed by atoms with Crippen molar-refractivity contribution in [2.75, 3.05) is 5.32 Å². The van der Waals surface area contributed by atoms with Gasteiger partial charge < -0.3 is 10.1 Å². The molecule has 9 heteroatoms. The number of aromatic nitrogens is 3. The number of rotatable bonds is 3. The Morgan fingerprint density at radius 2 is 1.85 bits per heavy atom. The third-order valence-electron chi connectivity index (χ3n) is 2.21. The minimum absolute atomic E-state index is 0.0880. The lowest BCUT2D eigenvalue weighted by molar-refractivity contribution is -0.274. The molecule has 2 N–H and O–H groups in total. The van der Waals surface area contributed by atoms with Gasteiger partial charge in [-0.3, -0.25) is 9.78 Å². The van der Waals surface area contributed by atoms with Crippen molar-refractivity contribution >= 4 is 11.6 Å². The van der Waals surface area contributed by atoms with E-state index >= 15 is 0 Å². The average molecular weight is 286 g/mol. The number of aryl methyl sites for hydroxylation is 1. The van der Waals surface area contributed by atoms with Crippen LogP contribution in [0.25, 0.3) is 0 Å². The summed E-state index contributed by atoms with van der Waals surface area (Å²) in [5.41, 5.74) is 0.234. The van der Waals surface area contributed by atoms with Crippen molar-refractivity contribution in [1.82, 2.24) is 15.2 Å². The minimum Gasteiger partial charge on any atom is -0.406 e. The zero-order chi connectivity index (χ0) is 14.8. The number of nitrogens with zero attached hydrogens (tertiary/aromatic N) is 2. The van der Waals surface area contributed by atoms with Crippen LogP contribution < -0.4 is 15.6 Å². The summed E-state index contributed by atoms with van der Waals surface area (Å²) in [5, 5.41) is 10.00. The van der Waals surface area contributed by atoms with Gasteiger partial charge in [0.05, 0.1) is 0 Å². The Hall–Kier alpha value is -2.58. The maximum Gasteiger partial charge on any atom is 0.573 e. The van der Waals surface area contributed by atoms with Crippen molar-refractivity contribution in [2.45, 2.75) is 13.3 Å². The summed E-state index contributed by atoms with van der Waals surface area (Å²) in [5.74, 6) is -0.253. The molecule has 106 valence electrons. The van der Waals surface area contributed by atoms with Gasteiger partial charge in [0.1, 0.15) is 11.4 Å². The Bertz CT molecular complexity index is 652. The number of anilines is 2. The smallest absolute Gasteiger partial charge is 0.406 e. The molecule has 0 fully saturated rings. The molecule has 1 heterocycles. The molecule has 0 unspecified atom stereocenters. The SMILES string of the molecule is Cc1nnc(Nc2ccc(OC(F)(F)F)cc2)[nH]c1=O. The predicted molar refractivity (Wildman–Crippen MR) is 63.8 cm³/mol. The highest BCUT2D eigenvalue weighted by molar-refractivity contribution is 5.54. The van der Waals surface area contributed by atoms with Gasteiger partial charge in [0.2, 0.25) is 5.95 Å². The van der Waals surface area contributed by atoms with Crippen molar-refractivity contribution in [3.05, 3.63) is 40.3 Å². The monoisotopic (exact) mass is 286 g/mol. The van der Waals surface area contributed by atoms with Crippen LogP contribution in [0.1, 0.15) is 5.69 Å². The number of aromatic amines is 1. The number of ether oxygens (including phenoxy) is 1. The molecular weight excluding hydrogens is 277 g/mol. The van der Waals surface area contributed by atoms with Crippen LogP contribution in [0.15, 0.2) is 29.1 Å². The number of H-pyrrole nitrogens is 1. The van der Waals surface area contributed by atoms with Crippen LogP contribution >= 0.6 is 0 Å². The van der Waals surface area contributed by atoms with E-state index in [4.69, 9.17) is 0 Å². The Morgan fingerprint density at radius 3 is 2.40 bits per heavy atom. The first-order chi connectivity index (χ1) is 9.33. The molecular formula is C11H9F3N4O2. The number of alkyl halides is 3. The zero-order valence-electron chi connectivity index (χ0n) is 10.2. The predicted octanol–water partition coefficient (Wildman–Crippen LogP) is 2.12. The minimum atomic E-state index is -4.73. The number of hydrogen-bond donors (Lipinski definition) is 2. The third-order valence-corrected chi connectivity index (χ3v) is 2.21. The van der Waals surface area contributed by atoms with Gasteiger partial charge in [0, 0.05) is 5.69 Å². The van der Waals surface area contributed by atoms with Gasteiger partial charge in [-0.25, -0.2) is 0 Å². The number of nitrogens with one attached hydrogen (secondary N) is 2. The molecule has 0 saturated heterocycles. The second kappa shape index (κ2) is 5.19. The highest BCUT2D eigenvalue weighted by Crippen LogP contribution is 2.24. The van der Waals surface area contributed by atoms with E-state index in [1.165, 1.54) is 19.1 Å². The molecule has 0 atom stereocenters. The van der Waals surface area contributed by atoms with Gasteiger partial charge in [0.25, 0.3) is 5.56 Å². The lowest BCUT2D eigenvalue weighted by Gasteiger charge is -2.09. The average Bonchev–Trinajstić information content (AvgIpc) is 2.35. The number of hydrogen-bond acceptors (Lipinski definition) is 5. The standard InChI is InChI=1S/C11H9F3N4O2/c1-6-9(19)16-10(18-17-6)15-7-2-4-8(5-3-7)20-11(12,13)14/h2-5H,1H3,(H2,15,16,18,19). The fourth-order valence-electron chi connectivity index (χ4n) is 1.33. The van der Waals surface area contributed by atoms with Crippen LogP contribution in [0.5, 0.6) is 5.75 Å². The Morgan fingerprint density at radius 1 is 1.20 bits per heavy atom. The summed E-state index contributed by atoms with van der Waals surface area (Å²) in [4.78, 5) is 13.7. The van der Waals surface area contributed by atoms with Crippen LogP contribution in [0.2, 0.25) is 0 Å². The molecule has 0 bridgehead atoms. The van der Waals surface area contributed by atoms with Gasteiger partial charge in [-0.05, 0) is 31.2 Å². The summed E-state index contributed by atoms with van der Waals surface area (Å²) in [6, 6.07) is 4.97. The third kappa shape index (κ3) is 3.70. The molecule has 20 heavy (non-hydrogen) atoms. The molecule has 0 saturated carbocycles. The lowest BCUT2D eigenvalue weighted by atomic mass is 10.3. The van der Waals surface area contributed by atoms with Crippen molar-refractivity contribution in [3.8, 4) is 5.75 Å². The molecule has 6 nitrogen and oxygen atoms in total. The van der Waals surface area contributed by atoms with Crippen LogP contribution in [0.3, 0.4) is 0 Å². The Balaban J connectivity index is 2.10. The maximum absolute atomic E-state index is 12.0. The molecule has 2 rings (SSSR count). The highest BCUT2D eigenvalue weighted by Gasteiger charge is 2.30. The fourth-order valence-corrected chi connectivity index (χ4v) is 1.33. The van der Waals surface area contributed by atoms with E-state index in [0.717, 1.165) is 12.1 Å². The summed E-state index contributed by atoms with van der Waals surface area (Å²) in [6.45, 7) is 1.50. The van der Waals surface area contributed by atoms with E-state index in [-0.39, 0.29) is 17.4 Å². The Labute approximate surface area is 110 Å². The van der Waals surface area contributed by atoms with E-state index in [9.17, 15) is 18.0 Å². The van der Waals surface area contributed by atoms with Gasteiger partial charge in [-0.2, -0.15) is 0 Å². The normalized spacial score (nSPS) is 11.2. The van der Waals surface area contributed by atoms with E-state index in [1.807, 2.05) is 0 Å². The first-order valence-electron chi connectivity index (χ1n) is 5.40. The number of halogens is 3. The highest BCUT2D eigenvalue weighted by atomic mass is 19.4. The molecule has 1 aromatic heterocycles. The van der Waals surface area contributed by atoms with Crippen LogP contribution in [0.4, 0.5) is 24.8 Å². The molecule has 0 aliphatic carbocycles. The van der Waals surface area contributed by atoms with E-state index in [0.29, 0.717) is 5.69 Å². The van der Waals surface area contributed by atoms with Crippen LogP contribution in [-0.4, -0.2) is 21.5 Å². The van der Waals surface area contributed by atoms with Gasteiger partial charge >= 0.3 is 6.36 Å². The topological polar surface area (TPSA) is 79.9 Å². The summed E-state index contributed by atoms with van der Waals surface area (Å²) in [7, 11) is 0. The quantitative estimate of drug-likeness (QED) is 0.903. The molecule has 0 amide bonds. The summed E-state index contributed by atoms with van der Waals surface area (Å²) < 4.78 is 39.7. The second-order valence-electron chi connectivity index (χ2n) is 3.79. The second-order valence-corrected chi connectivity index (χ2v) is 3.79. The van der Waals surface area contributed by atoms with E-state index < -0.39 is 11.9 Å². The van der Waals surface area contributed by atoms with Crippen LogP contribution in [-0.2, 0) is 0 Å². The first-order valence-corrected chi connectivity index (χ1v) is 5.40.